The van der Waals surface area contributed by atoms with Crippen molar-refractivity contribution in [2.75, 3.05) is 6.54 Å². The molecule has 1 aromatic rings. The van der Waals surface area contributed by atoms with Gasteiger partial charge < -0.3 is 14.8 Å². The van der Waals surface area contributed by atoms with Gasteiger partial charge in [0.2, 0.25) is 0 Å². The molecule has 0 spiro atoms. The lowest BCUT2D eigenvalue weighted by Gasteiger charge is -2.07. The van der Waals surface area contributed by atoms with Crippen molar-refractivity contribution in [1.29, 1.82) is 0 Å². The largest absolute Gasteiger partial charge is 0.464 e. The third kappa shape index (κ3) is 2.32. The van der Waals surface area contributed by atoms with Gasteiger partial charge in [-0.2, -0.15) is 0 Å². The molecule has 1 aliphatic rings. The molecule has 1 saturated carbocycles. The summed E-state index contributed by atoms with van der Waals surface area (Å²) in [5.41, 5.74) is 0. The van der Waals surface area contributed by atoms with Crippen LogP contribution in [0.3, 0.4) is 0 Å². The summed E-state index contributed by atoms with van der Waals surface area (Å²) in [5, 5.41) is 12.9. The number of nitrogens with one attached hydrogen (secondary N) is 1. The number of aryl methyl sites for hydroxylation is 1. The quantitative estimate of drug-likeness (QED) is 0.737. The van der Waals surface area contributed by atoms with Crippen LogP contribution in [0.5, 0.6) is 0 Å². The summed E-state index contributed by atoms with van der Waals surface area (Å²) in [7, 11) is 0. The molecule has 1 heterocycles. The first kappa shape index (κ1) is 8.78. The van der Waals surface area contributed by atoms with Gasteiger partial charge in [-0.15, -0.1) is 0 Å². The SMILES string of the molecule is Cc1ccc(C(O)CNC2CC2)o1. The fraction of sp³-hybridized carbons (Fsp3) is 0.600. The van der Waals surface area contributed by atoms with Gasteiger partial charge in [-0.25, -0.2) is 0 Å². The zero-order chi connectivity index (χ0) is 9.26. The van der Waals surface area contributed by atoms with Gasteiger partial charge in [0.15, 0.2) is 0 Å². The maximum atomic E-state index is 9.65. The van der Waals surface area contributed by atoms with Crippen molar-refractivity contribution in [3.63, 3.8) is 0 Å². The van der Waals surface area contributed by atoms with Crippen LogP contribution in [-0.4, -0.2) is 17.7 Å². The summed E-state index contributed by atoms with van der Waals surface area (Å²) in [5.74, 6) is 1.51. The Hall–Kier alpha value is -0.800. The summed E-state index contributed by atoms with van der Waals surface area (Å²) in [6, 6.07) is 4.33. The average Bonchev–Trinajstić information content (AvgIpc) is 2.84. The molecule has 0 amide bonds. The van der Waals surface area contributed by atoms with Crippen LogP contribution in [0.1, 0.15) is 30.5 Å². The second kappa shape index (κ2) is 3.52. The Balaban J connectivity index is 1.84. The molecule has 1 fully saturated rings. The van der Waals surface area contributed by atoms with E-state index in [2.05, 4.69) is 5.32 Å². The van der Waals surface area contributed by atoms with Crippen molar-refractivity contribution >= 4 is 0 Å². The van der Waals surface area contributed by atoms with E-state index in [0.29, 0.717) is 18.3 Å². The summed E-state index contributed by atoms with van der Waals surface area (Å²) >= 11 is 0. The van der Waals surface area contributed by atoms with E-state index in [-0.39, 0.29) is 0 Å². The molecule has 0 radical (unpaired) electrons. The van der Waals surface area contributed by atoms with Gasteiger partial charge in [0, 0.05) is 12.6 Å². The first-order valence-electron chi connectivity index (χ1n) is 4.73. The molecule has 0 saturated heterocycles. The van der Waals surface area contributed by atoms with Gasteiger partial charge in [-0.3, -0.25) is 0 Å². The Bertz CT molecular complexity index is 278. The van der Waals surface area contributed by atoms with Crippen molar-refractivity contribution in [1.82, 2.24) is 5.32 Å². The van der Waals surface area contributed by atoms with Crippen molar-refractivity contribution in [2.45, 2.75) is 31.9 Å². The van der Waals surface area contributed by atoms with Gasteiger partial charge >= 0.3 is 0 Å². The van der Waals surface area contributed by atoms with Gasteiger partial charge in [0.25, 0.3) is 0 Å². The number of furan rings is 1. The lowest BCUT2D eigenvalue weighted by atomic mass is 10.3. The minimum atomic E-state index is -0.505. The fourth-order valence-corrected chi connectivity index (χ4v) is 1.30. The maximum absolute atomic E-state index is 9.65. The highest BCUT2D eigenvalue weighted by Gasteiger charge is 2.22. The monoisotopic (exact) mass is 181 g/mol. The molecule has 13 heavy (non-hydrogen) atoms. The maximum Gasteiger partial charge on any atom is 0.133 e. The number of hydrogen-bond acceptors (Lipinski definition) is 3. The van der Waals surface area contributed by atoms with E-state index in [9.17, 15) is 5.11 Å². The van der Waals surface area contributed by atoms with Gasteiger partial charge in [-0.05, 0) is 31.9 Å². The van der Waals surface area contributed by atoms with Crippen LogP contribution in [-0.2, 0) is 0 Å². The van der Waals surface area contributed by atoms with Gasteiger partial charge in [-0.1, -0.05) is 0 Å². The van der Waals surface area contributed by atoms with Crippen LogP contribution in [0, 0.1) is 6.92 Å². The van der Waals surface area contributed by atoms with Crippen LogP contribution in [0.25, 0.3) is 0 Å². The normalized spacial score (nSPS) is 18.9. The molecular weight excluding hydrogens is 166 g/mol. The predicted octanol–water partition coefficient (Wildman–Crippen LogP) is 1.37. The Labute approximate surface area is 77.8 Å². The average molecular weight is 181 g/mol. The lowest BCUT2D eigenvalue weighted by molar-refractivity contribution is 0.146. The van der Waals surface area contributed by atoms with Crippen LogP contribution in [0.15, 0.2) is 16.5 Å². The molecular formula is C10H15NO2. The lowest BCUT2D eigenvalue weighted by Crippen LogP contribution is -2.23. The molecule has 2 rings (SSSR count). The fourth-order valence-electron chi connectivity index (χ4n) is 1.30. The number of aliphatic hydroxyl groups is 1. The highest BCUT2D eigenvalue weighted by atomic mass is 16.4. The van der Waals surface area contributed by atoms with Gasteiger partial charge in [0.05, 0.1) is 0 Å². The third-order valence-electron chi connectivity index (χ3n) is 2.27. The number of hydrogen-bond donors (Lipinski definition) is 2. The first-order chi connectivity index (χ1) is 6.25. The minimum Gasteiger partial charge on any atom is -0.464 e. The predicted molar refractivity (Wildman–Crippen MR) is 49.4 cm³/mol. The van der Waals surface area contributed by atoms with Crippen molar-refractivity contribution < 1.29 is 9.52 Å². The minimum absolute atomic E-state index is 0.505. The van der Waals surface area contributed by atoms with E-state index in [0.717, 1.165) is 5.76 Å². The topological polar surface area (TPSA) is 45.4 Å². The molecule has 3 heteroatoms. The molecule has 1 aromatic heterocycles. The van der Waals surface area contributed by atoms with E-state index >= 15 is 0 Å². The van der Waals surface area contributed by atoms with E-state index in [1.54, 1.807) is 0 Å². The van der Waals surface area contributed by atoms with E-state index < -0.39 is 6.10 Å². The Morgan fingerprint density at radius 2 is 2.38 bits per heavy atom. The summed E-state index contributed by atoms with van der Waals surface area (Å²) in [6.45, 7) is 2.47. The Kier molecular flexibility index (Phi) is 2.38. The van der Waals surface area contributed by atoms with Crippen molar-refractivity contribution in [2.24, 2.45) is 0 Å². The van der Waals surface area contributed by atoms with E-state index in [4.69, 9.17) is 4.42 Å². The molecule has 1 atom stereocenters. The summed E-state index contributed by atoms with van der Waals surface area (Å²) in [4.78, 5) is 0. The zero-order valence-corrected chi connectivity index (χ0v) is 7.79. The first-order valence-corrected chi connectivity index (χ1v) is 4.73. The zero-order valence-electron chi connectivity index (χ0n) is 7.79. The summed E-state index contributed by atoms with van der Waals surface area (Å²) < 4.78 is 5.31. The second-order valence-electron chi connectivity index (χ2n) is 3.65. The Morgan fingerprint density at radius 1 is 1.62 bits per heavy atom. The second-order valence-corrected chi connectivity index (χ2v) is 3.65. The molecule has 1 aliphatic carbocycles. The molecule has 0 bridgehead atoms. The summed E-state index contributed by atoms with van der Waals surface area (Å²) in [6.07, 6.45) is 1.97. The van der Waals surface area contributed by atoms with Crippen LogP contribution in [0.2, 0.25) is 0 Å². The smallest absolute Gasteiger partial charge is 0.133 e. The molecule has 0 aromatic carbocycles. The molecule has 72 valence electrons. The standard InChI is InChI=1S/C10H15NO2/c1-7-2-5-10(13-7)9(12)6-11-8-3-4-8/h2,5,8-9,11-12H,3-4,6H2,1H3. The molecule has 3 nitrogen and oxygen atoms in total. The van der Waals surface area contributed by atoms with Gasteiger partial charge in [0.1, 0.15) is 17.6 Å². The van der Waals surface area contributed by atoms with Crippen LogP contribution < -0.4 is 5.32 Å². The van der Waals surface area contributed by atoms with E-state index in [1.165, 1.54) is 12.8 Å². The third-order valence-corrected chi connectivity index (χ3v) is 2.27. The number of aliphatic hydroxyl groups excluding tert-OH is 1. The van der Waals surface area contributed by atoms with Crippen LogP contribution >= 0.6 is 0 Å². The highest BCUT2D eigenvalue weighted by molar-refractivity contribution is 5.08. The molecule has 1 unspecified atom stereocenters. The van der Waals surface area contributed by atoms with Crippen LogP contribution in [0.4, 0.5) is 0 Å². The Morgan fingerprint density at radius 3 is 2.92 bits per heavy atom. The molecule has 0 aliphatic heterocycles. The van der Waals surface area contributed by atoms with Crippen molar-refractivity contribution in [3.8, 4) is 0 Å². The van der Waals surface area contributed by atoms with Crippen molar-refractivity contribution in [3.05, 3.63) is 23.7 Å². The highest BCUT2D eigenvalue weighted by Crippen LogP contribution is 2.21. The van der Waals surface area contributed by atoms with E-state index in [1.807, 2.05) is 19.1 Å². The molecule has 2 N–H and O–H groups in total. The number of rotatable bonds is 4.